The van der Waals surface area contributed by atoms with Gasteiger partial charge in [-0.1, -0.05) is 6.07 Å². The van der Waals surface area contributed by atoms with E-state index in [4.69, 9.17) is 8.83 Å². The van der Waals surface area contributed by atoms with E-state index < -0.39 is 32.6 Å². The van der Waals surface area contributed by atoms with Crippen molar-refractivity contribution in [3.05, 3.63) is 90.0 Å². The maximum Gasteiger partial charge on any atom is 0.416 e. The lowest BCUT2D eigenvalue weighted by atomic mass is 10.2. The number of carbonyl (C=O) groups excluding carboxylic acids is 1. The zero-order chi connectivity index (χ0) is 25.9. The number of nitrogens with one attached hydrogen (secondary N) is 1. The van der Waals surface area contributed by atoms with E-state index in [1.165, 1.54) is 18.6 Å². The molecule has 0 aliphatic rings. The Balaban J connectivity index is 1.76. The number of hydrogen-bond donors (Lipinski definition) is 1. The van der Waals surface area contributed by atoms with Crippen molar-refractivity contribution in [2.24, 2.45) is 0 Å². The second-order valence-electron chi connectivity index (χ2n) is 7.71. The van der Waals surface area contributed by atoms with Gasteiger partial charge in [-0.05, 0) is 42.5 Å². The summed E-state index contributed by atoms with van der Waals surface area (Å²) in [5, 5.41) is 1.75. The highest BCUT2D eigenvalue weighted by Crippen LogP contribution is 2.31. The molecule has 4 rings (SSSR count). The van der Waals surface area contributed by atoms with E-state index in [0.29, 0.717) is 11.5 Å². The molecule has 0 saturated heterocycles. The zero-order valence-corrected chi connectivity index (χ0v) is 19.5. The van der Waals surface area contributed by atoms with Crippen LogP contribution in [0, 0.1) is 0 Å². The molecule has 0 saturated carbocycles. The average Bonchev–Trinajstić information content (AvgIpc) is 3.52. The SMILES string of the molecule is CS(=O)(=O)c1ncc(N(Cc2ccco2)Cc2ccco2)c(C(=O)Nc2cccc(C(F)(F)F)c2)n1. The summed E-state index contributed by atoms with van der Waals surface area (Å²) < 4.78 is 74.3. The minimum Gasteiger partial charge on any atom is -0.467 e. The molecule has 0 radical (unpaired) electrons. The topological polar surface area (TPSA) is 119 Å². The second kappa shape index (κ2) is 9.85. The summed E-state index contributed by atoms with van der Waals surface area (Å²) >= 11 is 0. The molecule has 0 spiro atoms. The summed E-state index contributed by atoms with van der Waals surface area (Å²) in [5.74, 6) is 0.0940. The van der Waals surface area contributed by atoms with Gasteiger partial charge in [0.15, 0.2) is 5.69 Å². The summed E-state index contributed by atoms with van der Waals surface area (Å²) in [6, 6.07) is 10.8. The first-order valence-electron chi connectivity index (χ1n) is 10.4. The smallest absolute Gasteiger partial charge is 0.416 e. The van der Waals surface area contributed by atoms with Crippen LogP contribution in [0.1, 0.15) is 27.6 Å². The minimum absolute atomic E-state index is 0.111. The molecule has 0 fully saturated rings. The molecule has 4 aromatic rings. The molecule has 188 valence electrons. The van der Waals surface area contributed by atoms with Gasteiger partial charge in [0.1, 0.15) is 11.5 Å². The highest BCUT2D eigenvalue weighted by Gasteiger charge is 2.31. The van der Waals surface area contributed by atoms with Crippen molar-refractivity contribution in [3.8, 4) is 0 Å². The van der Waals surface area contributed by atoms with E-state index in [-0.39, 0.29) is 30.2 Å². The van der Waals surface area contributed by atoms with Crippen LogP contribution in [0.25, 0.3) is 0 Å². The van der Waals surface area contributed by atoms with Crippen molar-refractivity contribution in [3.63, 3.8) is 0 Å². The van der Waals surface area contributed by atoms with E-state index in [1.807, 2.05) is 0 Å². The molecule has 3 heterocycles. The van der Waals surface area contributed by atoms with Crippen LogP contribution in [-0.2, 0) is 29.1 Å². The lowest BCUT2D eigenvalue weighted by molar-refractivity contribution is -0.137. The number of carbonyl (C=O) groups is 1. The molecule has 0 aliphatic heterocycles. The molecule has 1 aromatic carbocycles. The third-order valence-corrected chi connectivity index (χ3v) is 5.80. The maximum absolute atomic E-state index is 13.2. The van der Waals surface area contributed by atoms with Crippen LogP contribution in [-0.4, -0.2) is 30.5 Å². The molecule has 0 bridgehead atoms. The monoisotopic (exact) mass is 520 g/mol. The van der Waals surface area contributed by atoms with Gasteiger partial charge in [-0.2, -0.15) is 13.2 Å². The van der Waals surface area contributed by atoms with Crippen molar-refractivity contribution in [1.82, 2.24) is 9.97 Å². The fourth-order valence-corrected chi connectivity index (χ4v) is 3.81. The van der Waals surface area contributed by atoms with E-state index in [0.717, 1.165) is 30.7 Å². The molecule has 0 unspecified atom stereocenters. The van der Waals surface area contributed by atoms with Crippen LogP contribution in [0.3, 0.4) is 0 Å². The number of sulfone groups is 1. The van der Waals surface area contributed by atoms with E-state index >= 15 is 0 Å². The number of anilines is 2. The van der Waals surface area contributed by atoms with Gasteiger partial charge in [0.2, 0.25) is 15.0 Å². The number of aromatic nitrogens is 2. The number of benzene rings is 1. The number of nitrogens with zero attached hydrogens (tertiary/aromatic N) is 3. The summed E-state index contributed by atoms with van der Waals surface area (Å²) in [5.41, 5.74) is -1.36. The predicted octanol–water partition coefficient (Wildman–Crippen LogP) is 4.54. The molecule has 36 heavy (non-hydrogen) atoms. The summed E-state index contributed by atoms with van der Waals surface area (Å²) in [6.45, 7) is 0.248. The first kappa shape index (κ1) is 25.0. The number of alkyl halides is 3. The summed E-state index contributed by atoms with van der Waals surface area (Å²) in [6.07, 6.45) is 0.346. The Morgan fingerprint density at radius 2 is 1.67 bits per heavy atom. The second-order valence-corrected chi connectivity index (χ2v) is 9.62. The average molecular weight is 520 g/mol. The van der Waals surface area contributed by atoms with Crippen molar-refractivity contribution >= 4 is 27.1 Å². The number of amides is 1. The fourth-order valence-electron chi connectivity index (χ4n) is 3.31. The Morgan fingerprint density at radius 3 is 2.19 bits per heavy atom. The lowest BCUT2D eigenvalue weighted by Crippen LogP contribution is -2.27. The molecular weight excluding hydrogens is 501 g/mol. The van der Waals surface area contributed by atoms with Gasteiger partial charge in [0, 0.05) is 11.9 Å². The van der Waals surface area contributed by atoms with Crippen molar-refractivity contribution < 1.29 is 35.2 Å². The molecule has 9 nitrogen and oxygen atoms in total. The first-order valence-corrected chi connectivity index (χ1v) is 12.3. The van der Waals surface area contributed by atoms with Crippen LogP contribution in [0.15, 0.2) is 81.2 Å². The summed E-state index contributed by atoms with van der Waals surface area (Å²) in [7, 11) is -3.91. The molecule has 13 heteroatoms. The normalized spacial score (nSPS) is 11.9. The molecule has 0 aliphatic carbocycles. The highest BCUT2D eigenvalue weighted by atomic mass is 32.2. The van der Waals surface area contributed by atoms with E-state index in [2.05, 4.69) is 15.3 Å². The van der Waals surface area contributed by atoms with Crippen molar-refractivity contribution in [1.29, 1.82) is 0 Å². The largest absolute Gasteiger partial charge is 0.467 e. The van der Waals surface area contributed by atoms with Gasteiger partial charge in [-0.25, -0.2) is 18.4 Å². The molecule has 1 amide bonds. The van der Waals surface area contributed by atoms with Crippen molar-refractivity contribution in [2.45, 2.75) is 24.4 Å². The van der Waals surface area contributed by atoms with Gasteiger partial charge < -0.3 is 19.1 Å². The molecule has 0 atom stereocenters. The Hall–Kier alpha value is -4.13. The van der Waals surface area contributed by atoms with Gasteiger partial charge in [0.25, 0.3) is 5.91 Å². The quantitative estimate of drug-likeness (QED) is 0.336. The molecule has 1 N–H and O–H groups in total. The van der Waals surface area contributed by atoms with Gasteiger partial charge in [-0.15, -0.1) is 0 Å². The van der Waals surface area contributed by atoms with Gasteiger partial charge in [0.05, 0.1) is 43.1 Å². The van der Waals surface area contributed by atoms with Crippen LogP contribution in [0.5, 0.6) is 0 Å². The van der Waals surface area contributed by atoms with Gasteiger partial charge >= 0.3 is 6.18 Å². The van der Waals surface area contributed by atoms with Crippen LogP contribution in [0.2, 0.25) is 0 Å². The highest BCUT2D eigenvalue weighted by molar-refractivity contribution is 7.90. The first-order chi connectivity index (χ1) is 17.0. The Labute approximate surface area is 203 Å². The van der Waals surface area contributed by atoms with Crippen LogP contribution in [0.4, 0.5) is 24.5 Å². The van der Waals surface area contributed by atoms with Crippen LogP contribution < -0.4 is 10.2 Å². The fraction of sp³-hybridized carbons (Fsp3) is 0.174. The number of furan rings is 2. The van der Waals surface area contributed by atoms with E-state index in [1.54, 1.807) is 29.2 Å². The number of rotatable bonds is 8. The third-order valence-electron chi connectivity index (χ3n) is 4.94. The van der Waals surface area contributed by atoms with Crippen molar-refractivity contribution in [2.75, 3.05) is 16.5 Å². The molecular formula is C23H19F3N4O5S. The number of hydrogen-bond acceptors (Lipinski definition) is 8. The van der Waals surface area contributed by atoms with E-state index in [9.17, 15) is 26.4 Å². The standard InChI is InChI=1S/C23H19F3N4O5S/c1-36(32,33)22-27-12-19(30(13-17-7-3-9-34-17)14-18-8-4-10-35-18)20(29-22)21(31)28-16-6-2-5-15(11-16)23(24,25)26/h2-12H,13-14H2,1H3,(H,28,31). The predicted molar refractivity (Wildman–Crippen MR) is 122 cm³/mol. The zero-order valence-electron chi connectivity index (χ0n) is 18.7. The summed E-state index contributed by atoms with van der Waals surface area (Å²) in [4.78, 5) is 22.7. The number of halogens is 3. The maximum atomic E-state index is 13.2. The third kappa shape index (κ3) is 5.92. The Bertz CT molecular complexity index is 1420. The minimum atomic E-state index is -4.62. The Morgan fingerprint density at radius 1 is 1.03 bits per heavy atom. The Kier molecular flexibility index (Phi) is 6.84. The lowest BCUT2D eigenvalue weighted by Gasteiger charge is -2.24. The molecule has 3 aromatic heterocycles. The van der Waals surface area contributed by atoms with Crippen LogP contribution >= 0.6 is 0 Å². The van der Waals surface area contributed by atoms with Gasteiger partial charge in [-0.3, -0.25) is 4.79 Å².